The lowest BCUT2D eigenvalue weighted by Crippen LogP contribution is -2.60. The molecule has 3 aliphatic rings. The van der Waals surface area contributed by atoms with Crippen molar-refractivity contribution in [3.63, 3.8) is 0 Å². The largest absolute Gasteiger partial charge is 0.492 e. The molecule has 0 spiro atoms. The number of carbonyl (C=O) groups is 1. The number of ether oxygens (including phenoxy) is 2. The van der Waals surface area contributed by atoms with Crippen LogP contribution in [0.1, 0.15) is 44.2 Å². The number of anilines is 1. The average Bonchev–Trinajstić information content (AvgIpc) is 2.70. The topological polar surface area (TPSA) is 54.0 Å². The lowest BCUT2D eigenvalue weighted by atomic mass is 9.82. The Hall–Kier alpha value is -2.73. The van der Waals surface area contributed by atoms with Crippen LogP contribution in [-0.4, -0.2) is 61.5 Å². The highest BCUT2D eigenvalue weighted by molar-refractivity contribution is 5.69. The minimum absolute atomic E-state index is 0.112. The van der Waals surface area contributed by atoms with Gasteiger partial charge in [-0.05, 0) is 70.5 Å². The van der Waals surface area contributed by atoms with Crippen molar-refractivity contribution in [3.05, 3.63) is 59.7 Å². The van der Waals surface area contributed by atoms with Crippen molar-refractivity contribution >= 4 is 11.8 Å². The molecule has 0 unspecified atom stereocenters. The van der Waals surface area contributed by atoms with Gasteiger partial charge in [-0.25, -0.2) is 4.79 Å². The summed E-state index contributed by atoms with van der Waals surface area (Å²) < 4.78 is 11.6. The molecular weight excluding hydrogens is 414 g/mol. The van der Waals surface area contributed by atoms with E-state index in [1.165, 1.54) is 36.3 Å². The SMILES string of the molecule is CC(C)(C)OC(=O)NC1CN(c2ccc3c(c2)[C@H](Cc2ccccc2)[C@H](N2CCC2)CO3)C1. The maximum Gasteiger partial charge on any atom is 0.407 e. The van der Waals surface area contributed by atoms with Crippen molar-refractivity contribution in [2.45, 2.75) is 57.2 Å². The molecule has 2 saturated heterocycles. The maximum atomic E-state index is 12.1. The van der Waals surface area contributed by atoms with Crippen LogP contribution in [0.5, 0.6) is 5.75 Å². The van der Waals surface area contributed by atoms with Crippen LogP contribution in [0.3, 0.4) is 0 Å². The van der Waals surface area contributed by atoms with Crippen LogP contribution in [0.2, 0.25) is 0 Å². The fourth-order valence-electron chi connectivity index (χ4n) is 5.05. The second-order valence-corrected chi connectivity index (χ2v) is 10.5. The van der Waals surface area contributed by atoms with E-state index in [-0.39, 0.29) is 12.1 Å². The molecule has 0 saturated carbocycles. The number of likely N-dealkylation sites (tertiary alicyclic amines) is 1. The fourth-order valence-corrected chi connectivity index (χ4v) is 5.05. The Labute approximate surface area is 196 Å². The highest BCUT2D eigenvalue weighted by atomic mass is 16.6. The molecule has 2 fully saturated rings. The Morgan fingerprint density at radius 1 is 1.12 bits per heavy atom. The molecule has 3 heterocycles. The van der Waals surface area contributed by atoms with Crippen LogP contribution in [0.4, 0.5) is 10.5 Å². The van der Waals surface area contributed by atoms with Gasteiger partial charge in [0.2, 0.25) is 0 Å². The van der Waals surface area contributed by atoms with Crippen molar-refractivity contribution in [3.8, 4) is 5.75 Å². The predicted molar refractivity (Wildman–Crippen MR) is 130 cm³/mol. The third-order valence-electron chi connectivity index (χ3n) is 6.89. The van der Waals surface area contributed by atoms with Gasteiger partial charge < -0.3 is 19.7 Å². The normalized spacial score (nSPS) is 23.1. The molecule has 2 aromatic rings. The zero-order chi connectivity index (χ0) is 23.0. The summed E-state index contributed by atoms with van der Waals surface area (Å²) in [5.74, 6) is 1.42. The summed E-state index contributed by atoms with van der Waals surface area (Å²) in [6.07, 6.45) is 1.96. The van der Waals surface area contributed by atoms with E-state index in [2.05, 4.69) is 63.6 Å². The van der Waals surface area contributed by atoms with E-state index in [0.29, 0.717) is 12.0 Å². The van der Waals surface area contributed by atoms with Gasteiger partial charge in [0.1, 0.15) is 18.0 Å². The van der Waals surface area contributed by atoms with E-state index in [9.17, 15) is 4.79 Å². The minimum Gasteiger partial charge on any atom is -0.492 e. The summed E-state index contributed by atoms with van der Waals surface area (Å²) in [5, 5.41) is 2.98. The smallest absolute Gasteiger partial charge is 0.407 e. The summed E-state index contributed by atoms with van der Waals surface area (Å²) in [6, 6.07) is 17.9. The van der Waals surface area contributed by atoms with Gasteiger partial charge in [0.25, 0.3) is 0 Å². The molecule has 0 bridgehead atoms. The van der Waals surface area contributed by atoms with Gasteiger partial charge in [0, 0.05) is 30.3 Å². The van der Waals surface area contributed by atoms with Gasteiger partial charge in [-0.15, -0.1) is 0 Å². The number of hydrogen-bond acceptors (Lipinski definition) is 5. The Morgan fingerprint density at radius 2 is 1.88 bits per heavy atom. The van der Waals surface area contributed by atoms with Gasteiger partial charge >= 0.3 is 6.09 Å². The molecule has 6 nitrogen and oxygen atoms in total. The fraction of sp³-hybridized carbons (Fsp3) is 0.519. The Kier molecular flexibility index (Phi) is 5.95. The molecule has 2 atom stereocenters. The summed E-state index contributed by atoms with van der Waals surface area (Å²) >= 11 is 0. The van der Waals surface area contributed by atoms with Crippen LogP contribution >= 0.6 is 0 Å². The highest BCUT2D eigenvalue weighted by Crippen LogP contribution is 2.41. The lowest BCUT2D eigenvalue weighted by Gasteiger charge is -2.46. The van der Waals surface area contributed by atoms with Crippen molar-refractivity contribution in [1.29, 1.82) is 0 Å². The van der Waals surface area contributed by atoms with Gasteiger partial charge in [-0.1, -0.05) is 30.3 Å². The number of hydrogen-bond donors (Lipinski definition) is 1. The summed E-state index contributed by atoms with van der Waals surface area (Å²) in [5.41, 5.74) is 3.40. The van der Waals surface area contributed by atoms with Gasteiger partial charge in [-0.2, -0.15) is 0 Å². The molecule has 33 heavy (non-hydrogen) atoms. The van der Waals surface area contributed by atoms with E-state index >= 15 is 0 Å². The molecule has 0 aromatic heterocycles. The van der Waals surface area contributed by atoms with Crippen LogP contribution in [-0.2, 0) is 11.2 Å². The predicted octanol–water partition coefficient (Wildman–Crippen LogP) is 4.19. The molecule has 5 rings (SSSR count). The Balaban J connectivity index is 1.30. The molecular formula is C27H35N3O3. The number of nitrogens with one attached hydrogen (secondary N) is 1. The molecule has 1 amide bonds. The van der Waals surface area contributed by atoms with Crippen molar-refractivity contribution < 1.29 is 14.3 Å². The van der Waals surface area contributed by atoms with E-state index in [0.717, 1.165) is 31.9 Å². The highest BCUT2D eigenvalue weighted by Gasteiger charge is 2.38. The summed E-state index contributed by atoms with van der Waals surface area (Å²) in [6.45, 7) is 10.3. The second-order valence-electron chi connectivity index (χ2n) is 10.5. The zero-order valence-electron chi connectivity index (χ0n) is 19.9. The number of carbonyl (C=O) groups excluding carboxylic acids is 1. The number of alkyl carbamates (subject to hydrolysis) is 1. The first-order chi connectivity index (χ1) is 15.9. The van der Waals surface area contributed by atoms with E-state index in [4.69, 9.17) is 9.47 Å². The third-order valence-corrected chi connectivity index (χ3v) is 6.89. The molecule has 3 aliphatic heterocycles. The van der Waals surface area contributed by atoms with Crippen molar-refractivity contribution in [1.82, 2.24) is 10.2 Å². The van der Waals surface area contributed by atoms with E-state index in [1.54, 1.807) is 0 Å². The molecule has 176 valence electrons. The molecule has 1 N–H and O–H groups in total. The third kappa shape index (κ3) is 4.96. The first-order valence-electron chi connectivity index (χ1n) is 12.1. The van der Waals surface area contributed by atoms with Gasteiger partial charge in [0.05, 0.1) is 12.1 Å². The first-order valence-corrected chi connectivity index (χ1v) is 12.1. The quantitative estimate of drug-likeness (QED) is 0.742. The van der Waals surface area contributed by atoms with Crippen molar-refractivity contribution in [2.75, 3.05) is 37.7 Å². The zero-order valence-corrected chi connectivity index (χ0v) is 19.9. The standard InChI is InChI=1S/C27H35N3O3/c1-27(2,3)33-26(31)28-20-16-30(17-20)21-10-11-25-23(15-21)22(14-19-8-5-4-6-9-19)24(18-32-25)29-12-7-13-29/h4-6,8-11,15,20,22,24H,7,12-14,16-18H2,1-3H3,(H,28,31)/t22-,24+/m0/s1. The van der Waals surface area contributed by atoms with Crippen LogP contribution in [0.15, 0.2) is 48.5 Å². The number of benzene rings is 2. The molecule has 0 radical (unpaired) electrons. The van der Waals surface area contributed by atoms with Gasteiger partial charge in [-0.3, -0.25) is 4.90 Å². The number of rotatable bonds is 5. The van der Waals surface area contributed by atoms with Crippen molar-refractivity contribution in [2.24, 2.45) is 0 Å². The van der Waals surface area contributed by atoms with E-state index in [1.807, 2.05) is 20.8 Å². The second kappa shape index (κ2) is 8.90. The maximum absolute atomic E-state index is 12.1. The van der Waals surface area contributed by atoms with Gasteiger partial charge in [0.15, 0.2) is 0 Å². The molecule has 6 heteroatoms. The summed E-state index contributed by atoms with van der Waals surface area (Å²) in [7, 11) is 0. The lowest BCUT2D eigenvalue weighted by molar-refractivity contribution is 0.0495. The van der Waals surface area contributed by atoms with Crippen LogP contribution in [0, 0.1) is 0 Å². The number of amides is 1. The number of nitrogens with zero attached hydrogens (tertiary/aromatic N) is 2. The Bertz CT molecular complexity index is 978. The van der Waals surface area contributed by atoms with Crippen LogP contribution in [0.25, 0.3) is 0 Å². The number of fused-ring (bicyclic) bond motifs is 1. The summed E-state index contributed by atoms with van der Waals surface area (Å²) in [4.78, 5) is 17.0. The first kappa shape index (κ1) is 22.1. The van der Waals surface area contributed by atoms with Crippen LogP contribution < -0.4 is 15.0 Å². The average molecular weight is 450 g/mol. The Morgan fingerprint density at radius 3 is 2.55 bits per heavy atom. The molecule has 2 aromatic carbocycles. The monoisotopic (exact) mass is 449 g/mol. The minimum atomic E-state index is -0.479. The molecule has 0 aliphatic carbocycles. The van der Waals surface area contributed by atoms with E-state index < -0.39 is 5.60 Å².